The molecule has 0 rings (SSSR count). The minimum absolute atomic E-state index is 0.603. The monoisotopic (exact) mass is 422 g/mol. The van der Waals surface area contributed by atoms with Gasteiger partial charge < -0.3 is 10.2 Å². The topological polar surface area (TPSA) is 57.5 Å². The van der Waals surface area contributed by atoms with Crippen LogP contribution in [-0.2, 0) is 4.79 Å². The van der Waals surface area contributed by atoms with Crippen LogP contribution < -0.4 is 0 Å². The van der Waals surface area contributed by atoms with Crippen molar-refractivity contribution in [1.82, 2.24) is 0 Å². The van der Waals surface area contributed by atoms with Gasteiger partial charge in [0.25, 0.3) is 5.60 Å². The number of hydrogen-bond acceptors (Lipinski definition) is 2. The lowest BCUT2D eigenvalue weighted by Crippen LogP contribution is -2.51. The van der Waals surface area contributed by atoms with Crippen molar-refractivity contribution in [2.45, 2.75) is 128 Å². The third-order valence-corrected chi connectivity index (χ3v) is 5.38. The van der Waals surface area contributed by atoms with Crippen LogP contribution in [0.4, 0.5) is 13.2 Å². The van der Waals surface area contributed by atoms with Gasteiger partial charge in [-0.2, -0.15) is 13.2 Å². The van der Waals surface area contributed by atoms with Crippen LogP contribution >= 0.6 is 0 Å². The van der Waals surface area contributed by atoms with Gasteiger partial charge in [0.15, 0.2) is 0 Å². The summed E-state index contributed by atoms with van der Waals surface area (Å²) in [6, 6.07) is 0. The number of alkyl halides is 3. The summed E-state index contributed by atoms with van der Waals surface area (Å²) in [5, 5.41) is 17.9. The summed E-state index contributed by atoms with van der Waals surface area (Å²) in [6.45, 7) is 2.24. The van der Waals surface area contributed by atoms with Crippen molar-refractivity contribution in [3.8, 4) is 0 Å². The lowest BCUT2D eigenvalue weighted by molar-refractivity contribution is -0.258. The molecule has 1 atom stereocenters. The molecule has 172 valence electrons. The number of aliphatic carboxylic acids is 1. The molecule has 0 fully saturated rings. The average molecular weight is 423 g/mol. The van der Waals surface area contributed by atoms with Gasteiger partial charge in [-0.3, -0.25) is 0 Å². The number of carbonyl (C=O) groups is 1. The summed E-state index contributed by atoms with van der Waals surface area (Å²) in [4.78, 5) is 10.7. The second-order valence-electron chi connectivity index (χ2n) is 8.08. The molecule has 0 heterocycles. The van der Waals surface area contributed by atoms with Crippen molar-refractivity contribution >= 4 is 5.97 Å². The van der Waals surface area contributed by atoms with Crippen LogP contribution in [0.3, 0.4) is 0 Å². The summed E-state index contributed by atoms with van der Waals surface area (Å²) in [5.74, 6) is -2.26. The molecular weight excluding hydrogens is 381 g/mol. The highest BCUT2D eigenvalue weighted by Crippen LogP contribution is 2.33. The molecule has 0 bridgehead atoms. The van der Waals surface area contributed by atoms with Gasteiger partial charge in [-0.15, -0.1) is 0 Å². The van der Waals surface area contributed by atoms with Crippen molar-refractivity contribution in [1.29, 1.82) is 0 Å². The lowest BCUT2D eigenvalue weighted by atomic mass is 9.98. The Morgan fingerprint density at radius 1 is 0.724 bits per heavy atom. The van der Waals surface area contributed by atoms with Crippen LogP contribution in [0.1, 0.15) is 116 Å². The Bertz CT molecular complexity index is 436. The highest BCUT2D eigenvalue weighted by molar-refractivity contribution is 5.78. The van der Waals surface area contributed by atoms with Gasteiger partial charge in [0.1, 0.15) is 0 Å². The van der Waals surface area contributed by atoms with Gasteiger partial charge in [0.05, 0.1) is 0 Å². The number of allylic oxidation sites excluding steroid dienone is 1. The molecule has 0 spiro atoms. The molecule has 0 aromatic heterocycles. The molecule has 0 aromatic carbocycles. The fourth-order valence-electron chi connectivity index (χ4n) is 3.33. The molecule has 29 heavy (non-hydrogen) atoms. The SMILES string of the molecule is CCCCCCCCCCCCCCCCC/C=C/C[C@@](O)(C(=O)O)C(F)(F)F. The van der Waals surface area contributed by atoms with Gasteiger partial charge in [0.2, 0.25) is 0 Å². The van der Waals surface area contributed by atoms with Crippen LogP contribution in [0.15, 0.2) is 12.2 Å². The molecule has 0 unspecified atom stereocenters. The predicted molar refractivity (Wildman–Crippen MR) is 112 cm³/mol. The molecule has 0 saturated carbocycles. The maximum absolute atomic E-state index is 12.6. The summed E-state index contributed by atoms with van der Waals surface area (Å²) in [6.07, 6.45) is 16.0. The van der Waals surface area contributed by atoms with Crippen LogP contribution in [-0.4, -0.2) is 28.0 Å². The largest absolute Gasteiger partial charge is 0.479 e. The first kappa shape index (κ1) is 28.0. The summed E-state index contributed by atoms with van der Waals surface area (Å²) in [7, 11) is 0. The van der Waals surface area contributed by atoms with Crippen molar-refractivity contribution < 1.29 is 28.2 Å². The van der Waals surface area contributed by atoms with E-state index in [-0.39, 0.29) is 0 Å². The minimum Gasteiger partial charge on any atom is -0.479 e. The highest BCUT2D eigenvalue weighted by atomic mass is 19.4. The molecule has 3 nitrogen and oxygen atoms in total. The van der Waals surface area contributed by atoms with Crippen LogP contribution in [0, 0.1) is 0 Å². The molecule has 0 aromatic rings. The molecule has 0 amide bonds. The van der Waals surface area contributed by atoms with Crippen molar-refractivity contribution in [3.63, 3.8) is 0 Å². The molecule has 0 saturated heterocycles. The Hall–Kier alpha value is -1.04. The van der Waals surface area contributed by atoms with Crippen LogP contribution in [0.5, 0.6) is 0 Å². The first-order valence-corrected chi connectivity index (χ1v) is 11.4. The van der Waals surface area contributed by atoms with E-state index in [1.54, 1.807) is 0 Å². The normalized spacial score (nSPS) is 14.4. The zero-order chi connectivity index (χ0) is 22.0. The summed E-state index contributed by atoms with van der Waals surface area (Å²) < 4.78 is 37.8. The number of carboxylic acids is 1. The van der Waals surface area contributed by atoms with E-state index in [2.05, 4.69) is 6.92 Å². The van der Waals surface area contributed by atoms with Crippen molar-refractivity contribution in [2.75, 3.05) is 0 Å². The molecule has 0 aliphatic rings. The number of carboxylic acid groups (broad SMARTS) is 1. The molecule has 0 aliphatic carbocycles. The smallest absolute Gasteiger partial charge is 0.428 e. The molecule has 0 aliphatic heterocycles. The number of unbranched alkanes of at least 4 members (excludes halogenated alkanes) is 15. The average Bonchev–Trinajstić information content (AvgIpc) is 2.65. The number of rotatable bonds is 19. The van der Waals surface area contributed by atoms with Gasteiger partial charge in [-0.1, -0.05) is 109 Å². The molecule has 6 heteroatoms. The summed E-state index contributed by atoms with van der Waals surface area (Å²) in [5.41, 5.74) is -3.70. The second-order valence-corrected chi connectivity index (χ2v) is 8.08. The maximum Gasteiger partial charge on any atom is 0.428 e. The highest BCUT2D eigenvalue weighted by Gasteiger charge is 2.59. The van der Waals surface area contributed by atoms with E-state index in [4.69, 9.17) is 5.11 Å². The van der Waals surface area contributed by atoms with Crippen molar-refractivity contribution in [3.05, 3.63) is 12.2 Å². The van der Waals surface area contributed by atoms with Gasteiger partial charge in [-0.05, 0) is 12.8 Å². The molecule has 0 radical (unpaired) electrons. The minimum atomic E-state index is -5.18. The fraction of sp³-hybridized carbons (Fsp3) is 0.870. The first-order chi connectivity index (χ1) is 13.8. The van der Waals surface area contributed by atoms with E-state index < -0.39 is 24.2 Å². The van der Waals surface area contributed by atoms with E-state index >= 15 is 0 Å². The maximum atomic E-state index is 12.6. The Labute approximate surface area is 174 Å². The molecular formula is C23H41F3O3. The van der Waals surface area contributed by atoms with Gasteiger partial charge >= 0.3 is 12.1 Å². The Morgan fingerprint density at radius 2 is 1.10 bits per heavy atom. The number of halogens is 3. The van der Waals surface area contributed by atoms with Crippen LogP contribution in [0.2, 0.25) is 0 Å². The zero-order valence-electron chi connectivity index (χ0n) is 18.1. The van der Waals surface area contributed by atoms with E-state index in [0.29, 0.717) is 6.42 Å². The Balaban J connectivity index is 3.49. The Morgan fingerprint density at radius 3 is 1.45 bits per heavy atom. The van der Waals surface area contributed by atoms with E-state index in [0.717, 1.165) is 25.3 Å². The third kappa shape index (κ3) is 13.7. The number of aliphatic hydroxyl groups is 1. The first-order valence-electron chi connectivity index (χ1n) is 11.4. The molecule has 2 N–H and O–H groups in total. The lowest BCUT2D eigenvalue weighted by Gasteiger charge is -2.24. The van der Waals surface area contributed by atoms with Gasteiger partial charge in [0, 0.05) is 6.42 Å². The van der Waals surface area contributed by atoms with E-state index in [1.807, 2.05) is 0 Å². The van der Waals surface area contributed by atoms with Gasteiger partial charge in [-0.25, -0.2) is 4.79 Å². The Kier molecular flexibility index (Phi) is 16.1. The van der Waals surface area contributed by atoms with E-state index in [1.165, 1.54) is 83.1 Å². The van der Waals surface area contributed by atoms with Crippen molar-refractivity contribution in [2.24, 2.45) is 0 Å². The predicted octanol–water partition coefficient (Wildman–Crippen LogP) is 7.57. The van der Waals surface area contributed by atoms with E-state index in [9.17, 15) is 23.1 Å². The zero-order valence-corrected chi connectivity index (χ0v) is 18.1. The second kappa shape index (κ2) is 16.7. The van der Waals surface area contributed by atoms with Crippen LogP contribution in [0.25, 0.3) is 0 Å². The quantitative estimate of drug-likeness (QED) is 0.167. The summed E-state index contributed by atoms with van der Waals surface area (Å²) >= 11 is 0. The standard InChI is InChI=1S/C23H41F3O3/c1-2-3-4-5-6-7-8-9-10-11-12-13-14-15-16-17-18-19-20-22(29,21(27)28)23(24,25)26/h18-19,29H,2-17,20H2,1H3,(H,27,28)/b19-18+/t22-/m1/s1. The third-order valence-electron chi connectivity index (χ3n) is 5.38. The fourth-order valence-corrected chi connectivity index (χ4v) is 3.33. The number of hydrogen-bond donors (Lipinski definition) is 2.